The predicted octanol–water partition coefficient (Wildman–Crippen LogP) is 2.11. The van der Waals surface area contributed by atoms with Gasteiger partial charge in [-0.25, -0.2) is 0 Å². The van der Waals surface area contributed by atoms with E-state index in [9.17, 15) is 10.2 Å². The van der Waals surface area contributed by atoms with Crippen LogP contribution in [0.5, 0.6) is 11.5 Å². The first-order chi connectivity index (χ1) is 6.06. The number of methoxy groups -OCH3 is 1. The van der Waals surface area contributed by atoms with Crippen LogP contribution in [0.1, 0.15) is 18.6 Å². The second kappa shape index (κ2) is 3.85. The van der Waals surface area contributed by atoms with Gasteiger partial charge in [0.2, 0.25) is 0 Å². The molecule has 4 heteroatoms. The van der Waals surface area contributed by atoms with Crippen LogP contribution in [0.3, 0.4) is 0 Å². The van der Waals surface area contributed by atoms with Crippen molar-refractivity contribution in [1.82, 2.24) is 0 Å². The Kier molecular flexibility index (Phi) is 3.01. The van der Waals surface area contributed by atoms with Crippen molar-refractivity contribution in [3.8, 4) is 11.5 Å². The van der Waals surface area contributed by atoms with Crippen LogP contribution >= 0.6 is 11.6 Å². The minimum atomic E-state index is -0.704. The number of halogens is 1. The Balaban J connectivity index is 3.20. The first-order valence-electron chi connectivity index (χ1n) is 3.80. The van der Waals surface area contributed by atoms with Gasteiger partial charge in [0.05, 0.1) is 18.2 Å². The third-order valence-electron chi connectivity index (χ3n) is 1.75. The molecule has 0 aliphatic rings. The van der Waals surface area contributed by atoms with Gasteiger partial charge in [0.1, 0.15) is 0 Å². The van der Waals surface area contributed by atoms with Crippen molar-refractivity contribution in [3.63, 3.8) is 0 Å². The molecule has 0 saturated heterocycles. The molecule has 2 N–H and O–H groups in total. The fourth-order valence-electron chi connectivity index (χ4n) is 1.04. The van der Waals surface area contributed by atoms with Gasteiger partial charge in [0.25, 0.3) is 0 Å². The van der Waals surface area contributed by atoms with Crippen LogP contribution in [0, 0.1) is 0 Å². The average molecular weight is 203 g/mol. The SMILES string of the molecule is COc1cc(Cl)c(C(C)O)cc1O. The Bertz CT molecular complexity index is 310. The number of phenolic OH excluding ortho intramolecular Hbond substituents is 1. The summed E-state index contributed by atoms with van der Waals surface area (Å²) in [6.45, 7) is 1.58. The Labute approximate surface area is 81.5 Å². The van der Waals surface area contributed by atoms with E-state index in [1.165, 1.54) is 19.2 Å². The second-order valence-electron chi connectivity index (χ2n) is 2.72. The number of aliphatic hydroxyl groups is 1. The molecule has 0 fully saturated rings. The zero-order valence-corrected chi connectivity index (χ0v) is 8.17. The van der Waals surface area contributed by atoms with Gasteiger partial charge in [0.15, 0.2) is 11.5 Å². The number of hydrogen-bond donors (Lipinski definition) is 2. The molecule has 72 valence electrons. The van der Waals surface area contributed by atoms with E-state index in [0.29, 0.717) is 16.3 Å². The van der Waals surface area contributed by atoms with Gasteiger partial charge in [-0.3, -0.25) is 0 Å². The minimum Gasteiger partial charge on any atom is -0.504 e. The summed E-state index contributed by atoms with van der Waals surface area (Å²) in [6, 6.07) is 2.87. The Morgan fingerprint density at radius 2 is 2.08 bits per heavy atom. The van der Waals surface area contributed by atoms with Crippen molar-refractivity contribution in [1.29, 1.82) is 0 Å². The van der Waals surface area contributed by atoms with Crippen LogP contribution < -0.4 is 4.74 Å². The number of phenols is 1. The zero-order chi connectivity index (χ0) is 10.0. The molecule has 0 aliphatic carbocycles. The summed E-state index contributed by atoms with van der Waals surface area (Å²) in [5, 5.41) is 19.0. The van der Waals surface area contributed by atoms with Crippen molar-refractivity contribution in [3.05, 3.63) is 22.7 Å². The van der Waals surface area contributed by atoms with E-state index in [1.807, 2.05) is 0 Å². The van der Waals surface area contributed by atoms with Gasteiger partial charge in [-0.15, -0.1) is 0 Å². The molecule has 13 heavy (non-hydrogen) atoms. The summed E-state index contributed by atoms with van der Waals surface area (Å²) in [4.78, 5) is 0. The quantitative estimate of drug-likeness (QED) is 0.772. The standard InChI is InChI=1S/C9H11ClO3/c1-5(11)6-3-8(12)9(13-2)4-7(6)10/h3-5,11-12H,1-2H3. The molecule has 1 aromatic carbocycles. The summed E-state index contributed by atoms with van der Waals surface area (Å²) in [6.07, 6.45) is -0.704. The highest BCUT2D eigenvalue weighted by atomic mass is 35.5. The van der Waals surface area contributed by atoms with Crippen LogP contribution in [0.15, 0.2) is 12.1 Å². The molecule has 3 nitrogen and oxygen atoms in total. The molecule has 1 rings (SSSR count). The van der Waals surface area contributed by atoms with Crippen LogP contribution in [0.4, 0.5) is 0 Å². The maximum Gasteiger partial charge on any atom is 0.161 e. The molecule has 1 unspecified atom stereocenters. The van der Waals surface area contributed by atoms with E-state index < -0.39 is 6.10 Å². The van der Waals surface area contributed by atoms with Crippen LogP contribution in [0.2, 0.25) is 5.02 Å². The van der Waals surface area contributed by atoms with Gasteiger partial charge in [-0.05, 0) is 13.0 Å². The van der Waals surface area contributed by atoms with Gasteiger partial charge < -0.3 is 14.9 Å². The summed E-state index contributed by atoms with van der Waals surface area (Å²) in [5.74, 6) is 0.275. The fourth-order valence-corrected chi connectivity index (χ4v) is 1.35. The van der Waals surface area contributed by atoms with Crippen LogP contribution in [-0.2, 0) is 0 Å². The molecular formula is C9H11ClO3. The molecule has 0 saturated carbocycles. The summed E-state index contributed by atoms with van der Waals surface area (Å²) >= 11 is 5.82. The van der Waals surface area contributed by atoms with E-state index in [0.717, 1.165) is 0 Å². The second-order valence-corrected chi connectivity index (χ2v) is 3.13. The summed E-state index contributed by atoms with van der Waals surface area (Å²) in [5.41, 5.74) is 0.486. The maximum atomic E-state index is 9.37. The molecule has 0 spiro atoms. The topological polar surface area (TPSA) is 49.7 Å². The summed E-state index contributed by atoms with van der Waals surface area (Å²) < 4.78 is 4.84. The Hall–Kier alpha value is -0.930. The molecule has 0 aromatic heterocycles. The molecule has 0 amide bonds. The zero-order valence-electron chi connectivity index (χ0n) is 7.41. The van der Waals surface area contributed by atoms with E-state index in [4.69, 9.17) is 16.3 Å². The van der Waals surface area contributed by atoms with Gasteiger partial charge in [0, 0.05) is 11.6 Å². The highest BCUT2D eigenvalue weighted by Crippen LogP contribution is 2.34. The normalized spacial score (nSPS) is 12.6. The molecule has 0 aliphatic heterocycles. The molecule has 1 aromatic rings. The Morgan fingerprint density at radius 3 is 2.54 bits per heavy atom. The summed E-state index contributed by atoms with van der Waals surface area (Å²) in [7, 11) is 1.44. The number of hydrogen-bond acceptors (Lipinski definition) is 3. The number of rotatable bonds is 2. The van der Waals surface area contributed by atoms with E-state index in [-0.39, 0.29) is 5.75 Å². The highest BCUT2D eigenvalue weighted by Gasteiger charge is 2.11. The largest absolute Gasteiger partial charge is 0.504 e. The Morgan fingerprint density at radius 1 is 1.46 bits per heavy atom. The van der Waals surface area contributed by atoms with Crippen molar-refractivity contribution < 1.29 is 14.9 Å². The lowest BCUT2D eigenvalue weighted by Gasteiger charge is -2.10. The lowest BCUT2D eigenvalue weighted by atomic mass is 10.1. The average Bonchev–Trinajstić information content (AvgIpc) is 2.07. The molecular weight excluding hydrogens is 192 g/mol. The van der Waals surface area contributed by atoms with Gasteiger partial charge >= 0.3 is 0 Å². The van der Waals surface area contributed by atoms with Crippen LogP contribution in [0.25, 0.3) is 0 Å². The van der Waals surface area contributed by atoms with Crippen LogP contribution in [-0.4, -0.2) is 17.3 Å². The van der Waals surface area contributed by atoms with E-state index in [1.54, 1.807) is 6.92 Å². The lowest BCUT2D eigenvalue weighted by Crippen LogP contribution is -1.93. The van der Waals surface area contributed by atoms with Gasteiger partial charge in [-0.1, -0.05) is 11.6 Å². The minimum absolute atomic E-state index is 0.0252. The molecule has 0 radical (unpaired) electrons. The first kappa shape index (κ1) is 10.2. The molecule has 0 bridgehead atoms. The monoisotopic (exact) mass is 202 g/mol. The fraction of sp³-hybridized carbons (Fsp3) is 0.333. The van der Waals surface area contributed by atoms with Crippen molar-refractivity contribution in [2.24, 2.45) is 0 Å². The van der Waals surface area contributed by atoms with E-state index >= 15 is 0 Å². The van der Waals surface area contributed by atoms with Crippen molar-refractivity contribution in [2.75, 3.05) is 7.11 Å². The number of benzene rings is 1. The smallest absolute Gasteiger partial charge is 0.161 e. The third-order valence-corrected chi connectivity index (χ3v) is 2.08. The first-order valence-corrected chi connectivity index (χ1v) is 4.18. The molecule has 0 heterocycles. The molecule has 1 atom stereocenters. The van der Waals surface area contributed by atoms with Crippen molar-refractivity contribution >= 4 is 11.6 Å². The van der Waals surface area contributed by atoms with Gasteiger partial charge in [-0.2, -0.15) is 0 Å². The lowest BCUT2D eigenvalue weighted by molar-refractivity contribution is 0.198. The number of aliphatic hydroxyl groups excluding tert-OH is 1. The maximum absolute atomic E-state index is 9.37. The van der Waals surface area contributed by atoms with E-state index in [2.05, 4.69) is 0 Å². The number of ether oxygens (including phenoxy) is 1. The predicted molar refractivity (Wildman–Crippen MR) is 50.3 cm³/mol. The number of aromatic hydroxyl groups is 1. The third kappa shape index (κ3) is 2.05. The van der Waals surface area contributed by atoms with Crippen molar-refractivity contribution in [2.45, 2.75) is 13.0 Å². The highest BCUT2D eigenvalue weighted by molar-refractivity contribution is 6.31.